The molecule has 3 rings (SSSR count). The molecule has 0 amide bonds. The minimum atomic E-state index is 0. The van der Waals surface area contributed by atoms with Crippen LogP contribution in [0.2, 0.25) is 0 Å². The number of thiophene rings is 1. The van der Waals surface area contributed by atoms with Gasteiger partial charge in [-0.1, -0.05) is 12.1 Å². The van der Waals surface area contributed by atoms with Crippen molar-refractivity contribution in [2.24, 2.45) is 10.9 Å². The molecule has 1 aromatic carbocycles. The van der Waals surface area contributed by atoms with E-state index in [9.17, 15) is 0 Å². The quantitative estimate of drug-likeness (QED) is 0.297. The first-order valence-corrected chi connectivity index (χ1v) is 10.9. The van der Waals surface area contributed by atoms with Gasteiger partial charge in [0.25, 0.3) is 0 Å². The highest BCUT2D eigenvalue weighted by atomic mass is 127. The lowest BCUT2D eigenvalue weighted by atomic mass is 10.1. The lowest BCUT2D eigenvalue weighted by Crippen LogP contribution is -2.36. The number of rotatable bonds is 8. The Hall–Kier alpha value is -1.32. The summed E-state index contributed by atoms with van der Waals surface area (Å²) in [7, 11) is 0. The second-order valence-electron chi connectivity index (χ2n) is 7.23. The average Bonchev–Trinajstić information content (AvgIpc) is 3.35. The predicted molar refractivity (Wildman–Crippen MR) is 132 cm³/mol. The zero-order valence-electron chi connectivity index (χ0n) is 17.5. The van der Waals surface area contributed by atoms with Crippen LogP contribution in [0.5, 0.6) is 5.75 Å². The highest BCUT2D eigenvalue weighted by Gasteiger charge is 2.17. The molecule has 2 N–H and O–H groups in total. The Balaban J connectivity index is 0.00000300. The van der Waals surface area contributed by atoms with Gasteiger partial charge in [0.1, 0.15) is 5.75 Å². The van der Waals surface area contributed by atoms with Crippen molar-refractivity contribution in [2.75, 3.05) is 26.4 Å². The van der Waals surface area contributed by atoms with Crippen LogP contribution in [0.4, 0.5) is 0 Å². The van der Waals surface area contributed by atoms with E-state index in [1.54, 1.807) is 11.3 Å². The molecule has 1 aliphatic rings. The molecule has 1 saturated heterocycles. The van der Waals surface area contributed by atoms with Crippen LogP contribution in [0.15, 0.2) is 34.6 Å². The molecule has 1 aromatic heterocycles. The minimum Gasteiger partial charge on any atom is -0.493 e. The normalized spacial score (nSPS) is 16.4. The maximum Gasteiger partial charge on any atom is 0.191 e. The number of nitrogens with zero attached hydrogens (tertiary/aromatic N) is 1. The van der Waals surface area contributed by atoms with Crippen LogP contribution in [0.3, 0.4) is 0 Å². The van der Waals surface area contributed by atoms with Gasteiger partial charge in [-0.25, -0.2) is 4.99 Å². The smallest absolute Gasteiger partial charge is 0.191 e. The molecular formula is C22H32IN3O2S. The van der Waals surface area contributed by atoms with Gasteiger partial charge in [0.2, 0.25) is 0 Å². The number of aryl methyl sites for hydroxylation is 2. The standard InChI is InChI=1S/C22H31N3O2S.HI/c1-4-23-22(25-13-21-17(3)8-10-28-21)24-12-19-6-5-16(2)11-20(19)27-15-18-7-9-26-14-18;/h5-6,8,10-11,18H,4,7,9,12-15H2,1-3H3,(H2,23,24,25);1H. The minimum absolute atomic E-state index is 0. The number of ether oxygens (including phenoxy) is 2. The third-order valence-electron chi connectivity index (χ3n) is 4.86. The molecule has 0 saturated carbocycles. The molecule has 1 unspecified atom stereocenters. The summed E-state index contributed by atoms with van der Waals surface area (Å²) in [5.41, 5.74) is 3.62. The van der Waals surface area contributed by atoms with Gasteiger partial charge >= 0.3 is 0 Å². The topological polar surface area (TPSA) is 54.9 Å². The van der Waals surface area contributed by atoms with Gasteiger partial charge in [0, 0.05) is 29.5 Å². The number of hydrogen-bond acceptors (Lipinski definition) is 4. The zero-order chi connectivity index (χ0) is 19.8. The summed E-state index contributed by atoms with van der Waals surface area (Å²) < 4.78 is 11.6. The van der Waals surface area contributed by atoms with E-state index in [2.05, 4.69) is 61.1 Å². The maximum atomic E-state index is 6.14. The van der Waals surface area contributed by atoms with E-state index in [1.807, 2.05) is 0 Å². The second kappa shape index (κ2) is 12.4. The number of aliphatic imine (C=N–C) groups is 1. The van der Waals surface area contributed by atoms with E-state index in [-0.39, 0.29) is 24.0 Å². The van der Waals surface area contributed by atoms with Gasteiger partial charge in [0.05, 0.1) is 26.3 Å². The van der Waals surface area contributed by atoms with Crippen LogP contribution in [-0.4, -0.2) is 32.3 Å². The van der Waals surface area contributed by atoms with Gasteiger partial charge in [-0.05, 0) is 55.8 Å². The molecule has 0 bridgehead atoms. The third-order valence-corrected chi connectivity index (χ3v) is 5.88. The van der Waals surface area contributed by atoms with E-state index in [0.29, 0.717) is 19.1 Å². The van der Waals surface area contributed by atoms with Crippen molar-refractivity contribution in [3.05, 3.63) is 51.2 Å². The largest absolute Gasteiger partial charge is 0.493 e. The number of benzene rings is 1. The van der Waals surface area contributed by atoms with Crippen LogP contribution >= 0.6 is 35.3 Å². The zero-order valence-corrected chi connectivity index (χ0v) is 20.6. The van der Waals surface area contributed by atoms with E-state index < -0.39 is 0 Å². The molecule has 5 nitrogen and oxygen atoms in total. The van der Waals surface area contributed by atoms with Crippen molar-refractivity contribution in [3.8, 4) is 5.75 Å². The number of hydrogen-bond donors (Lipinski definition) is 2. The van der Waals surface area contributed by atoms with Crippen molar-refractivity contribution in [2.45, 2.75) is 40.3 Å². The third kappa shape index (κ3) is 7.46. The summed E-state index contributed by atoms with van der Waals surface area (Å²) >= 11 is 1.77. The summed E-state index contributed by atoms with van der Waals surface area (Å²) in [6, 6.07) is 8.49. The molecule has 0 radical (unpaired) electrons. The van der Waals surface area contributed by atoms with Crippen molar-refractivity contribution >= 4 is 41.3 Å². The fourth-order valence-electron chi connectivity index (χ4n) is 3.10. The van der Waals surface area contributed by atoms with Gasteiger partial charge < -0.3 is 20.1 Å². The summed E-state index contributed by atoms with van der Waals surface area (Å²) in [6.45, 7) is 10.9. The van der Waals surface area contributed by atoms with Crippen LogP contribution in [-0.2, 0) is 17.8 Å². The van der Waals surface area contributed by atoms with Crippen molar-refractivity contribution < 1.29 is 9.47 Å². The van der Waals surface area contributed by atoms with Gasteiger partial charge in [-0.2, -0.15) is 0 Å². The summed E-state index contributed by atoms with van der Waals surface area (Å²) in [6.07, 6.45) is 1.08. The molecule has 0 spiro atoms. The summed E-state index contributed by atoms with van der Waals surface area (Å²) in [5.74, 6) is 2.25. The maximum absolute atomic E-state index is 6.14. The van der Waals surface area contributed by atoms with Crippen molar-refractivity contribution in [1.82, 2.24) is 10.6 Å². The Kier molecular flexibility index (Phi) is 10.2. The van der Waals surface area contributed by atoms with Crippen molar-refractivity contribution in [3.63, 3.8) is 0 Å². The van der Waals surface area contributed by atoms with E-state index in [1.165, 1.54) is 16.0 Å². The second-order valence-corrected chi connectivity index (χ2v) is 8.23. The summed E-state index contributed by atoms with van der Waals surface area (Å²) in [4.78, 5) is 6.11. The monoisotopic (exact) mass is 529 g/mol. The summed E-state index contributed by atoms with van der Waals surface area (Å²) in [5, 5.41) is 8.89. The molecule has 1 aliphatic heterocycles. The van der Waals surface area contributed by atoms with E-state index in [4.69, 9.17) is 14.5 Å². The van der Waals surface area contributed by atoms with E-state index in [0.717, 1.165) is 50.0 Å². The molecule has 160 valence electrons. The molecule has 0 aliphatic carbocycles. The number of nitrogens with one attached hydrogen (secondary N) is 2. The van der Waals surface area contributed by atoms with E-state index >= 15 is 0 Å². The van der Waals surface area contributed by atoms with Crippen LogP contribution < -0.4 is 15.4 Å². The van der Waals surface area contributed by atoms with Crippen LogP contribution in [0.1, 0.15) is 34.9 Å². The molecular weight excluding hydrogens is 497 g/mol. The fraction of sp³-hybridized carbons (Fsp3) is 0.500. The molecule has 1 fully saturated rings. The molecule has 29 heavy (non-hydrogen) atoms. The first kappa shape index (κ1) is 24.0. The highest BCUT2D eigenvalue weighted by molar-refractivity contribution is 14.0. The number of guanidine groups is 1. The Morgan fingerprint density at radius 3 is 2.83 bits per heavy atom. The molecule has 7 heteroatoms. The predicted octanol–water partition coefficient (Wildman–Crippen LogP) is 4.65. The Morgan fingerprint density at radius 1 is 1.28 bits per heavy atom. The fourth-order valence-corrected chi connectivity index (χ4v) is 3.95. The average molecular weight is 529 g/mol. The lowest BCUT2D eigenvalue weighted by Gasteiger charge is -2.15. The first-order chi connectivity index (χ1) is 13.7. The Labute approximate surface area is 195 Å². The Morgan fingerprint density at radius 2 is 2.14 bits per heavy atom. The van der Waals surface area contributed by atoms with Crippen molar-refractivity contribution in [1.29, 1.82) is 0 Å². The van der Waals surface area contributed by atoms with Crippen LogP contribution in [0.25, 0.3) is 0 Å². The number of halogens is 1. The molecule has 1 atom stereocenters. The molecule has 2 heterocycles. The van der Waals surface area contributed by atoms with Gasteiger partial charge in [-0.15, -0.1) is 35.3 Å². The first-order valence-electron chi connectivity index (χ1n) is 10.0. The van der Waals surface area contributed by atoms with Gasteiger partial charge in [-0.3, -0.25) is 0 Å². The Bertz CT molecular complexity index is 788. The molecule has 2 aromatic rings. The SMILES string of the molecule is CCNC(=NCc1ccc(C)cc1OCC1CCOC1)NCc1sccc1C.I. The lowest BCUT2D eigenvalue weighted by molar-refractivity contribution is 0.166. The highest BCUT2D eigenvalue weighted by Crippen LogP contribution is 2.23. The van der Waals surface area contributed by atoms with Gasteiger partial charge in [0.15, 0.2) is 5.96 Å². The van der Waals surface area contributed by atoms with Crippen LogP contribution in [0, 0.1) is 19.8 Å².